The number of nitrogens with one attached hydrogen (secondary N) is 2. The molecule has 0 aromatic carbocycles. The van der Waals surface area contributed by atoms with Gasteiger partial charge in [0.25, 0.3) is 0 Å². The van der Waals surface area contributed by atoms with Crippen LogP contribution in [-0.2, 0) is 18.3 Å². The Kier molecular flexibility index (Phi) is 11.4. The molecule has 0 bridgehead atoms. The van der Waals surface area contributed by atoms with Gasteiger partial charge in [0.2, 0.25) is 0 Å². The van der Waals surface area contributed by atoms with E-state index in [0.29, 0.717) is 6.54 Å². The SMILES string of the molecule is CCNC(=NCc1nncn1C)NCCCOCC.I. The summed E-state index contributed by atoms with van der Waals surface area (Å²) >= 11 is 0. The van der Waals surface area contributed by atoms with Crippen LogP contribution in [0.5, 0.6) is 0 Å². The monoisotopic (exact) mass is 396 g/mol. The third-order valence-corrected chi connectivity index (χ3v) is 2.49. The minimum absolute atomic E-state index is 0. The van der Waals surface area contributed by atoms with Gasteiger partial charge >= 0.3 is 0 Å². The smallest absolute Gasteiger partial charge is 0.191 e. The zero-order valence-corrected chi connectivity index (χ0v) is 14.8. The van der Waals surface area contributed by atoms with E-state index in [4.69, 9.17) is 4.74 Å². The van der Waals surface area contributed by atoms with Crippen LogP contribution in [0.1, 0.15) is 26.1 Å². The zero-order valence-electron chi connectivity index (χ0n) is 12.4. The quantitative estimate of drug-likeness (QED) is 0.296. The molecule has 20 heavy (non-hydrogen) atoms. The van der Waals surface area contributed by atoms with Crippen LogP contribution < -0.4 is 10.6 Å². The molecule has 0 saturated carbocycles. The largest absolute Gasteiger partial charge is 0.382 e. The predicted octanol–water partition coefficient (Wildman–Crippen LogP) is 0.915. The van der Waals surface area contributed by atoms with Crippen LogP contribution in [0.2, 0.25) is 0 Å². The van der Waals surface area contributed by atoms with Crippen LogP contribution in [0.15, 0.2) is 11.3 Å². The fraction of sp³-hybridized carbons (Fsp3) is 0.750. The van der Waals surface area contributed by atoms with Crippen molar-refractivity contribution in [2.24, 2.45) is 12.0 Å². The van der Waals surface area contributed by atoms with E-state index in [2.05, 4.69) is 25.8 Å². The molecule has 0 aliphatic rings. The summed E-state index contributed by atoms with van der Waals surface area (Å²) < 4.78 is 7.15. The number of hydrogen-bond donors (Lipinski definition) is 2. The van der Waals surface area contributed by atoms with Gasteiger partial charge in [0.15, 0.2) is 11.8 Å². The Bertz CT molecular complexity index is 382. The van der Waals surface area contributed by atoms with E-state index >= 15 is 0 Å². The fourth-order valence-electron chi connectivity index (χ4n) is 1.47. The maximum absolute atomic E-state index is 5.29. The van der Waals surface area contributed by atoms with Gasteiger partial charge in [0.05, 0.1) is 0 Å². The molecule has 1 heterocycles. The van der Waals surface area contributed by atoms with Crippen molar-refractivity contribution in [1.82, 2.24) is 25.4 Å². The van der Waals surface area contributed by atoms with Gasteiger partial charge in [-0.05, 0) is 20.3 Å². The van der Waals surface area contributed by atoms with E-state index in [1.54, 1.807) is 6.33 Å². The van der Waals surface area contributed by atoms with Crippen molar-refractivity contribution in [3.63, 3.8) is 0 Å². The Labute approximate surface area is 137 Å². The summed E-state index contributed by atoms with van der Waals surface area (Å²) in [5.74, 6) is 1.63. The first-order valence-corrected chi connectivity index (χ1v) is 6.70. The van der Waals surface area contributed by atoms with Crippen LogP contribution in [0.25, 0.3) is 0 Å². The maximum Gasteiger partial charge on any atom is 0.191 e. The van der Waals surface area contributed by atoms with Crippen molar-refractivity contribution in [2.45, 2.75) is 26.8 Å². The van der Waals surface area contributed by atoms with E-state index < -0.39 is 0 Å². The molecule has 0 atom stereocenters. The molecule has 116 valence electrons. The molecule has 7 nitrogen and oxygen atoms in total. The number of aryl methyl sites for hydroxylation is 1. The Balaban J connectivity index is 0.00000361. The molecule has 0 saturated heterocycles. The van der Waals surface area contributed by atoms with Crippen molar-refractivity contribution in [3.05, 3.63) is 12.2 Å². The highest BCUT2D eigenvalue weighted by Crippen LogP contribution is 1.93. The molecule has 0 fully saturated rings. The van der Waals surface area contributed by atoms with Gasteiger partial charge in [-0.25, -0.2) is 4.99 Å². The molecule has 0 amide bonds. The zero-order chi connectivity index (χ0) is 13.9. The molecule has 0 aliphatic heterocycles. The first-order valence-electron chi connectivity index (χ1n) is 6.70. The van der Waals surface area contributed by atoms with Crippen molar-refractivity contribution in [2.75, 3.05) is 26.3 Å². The van der Waals surface area contributed by atoms with Crippen molar-refractivity contribution < 1.29 is 4.74 Å². The van der Waals surface area contributed by atoms with E-state index in [1.807, 2.05) is 25.5 Å². The lowest BCUT2D eigenvalue weighted by atomic mass is 10.4. The highest BCUT2D eigenvalue weighted by Gasteiger charge is 2.01. The summed E-state index contributed by atoms with van der Waals surface area (Å²) in [7, 11) is 1.91. The van der Waals surface area contributed by atoms with Crippen molar-refractivity contribution >= 4 is 29.9 Å². The molecule has 1 rings (SSSR count). The second-order valence-corrected chi connectivity index (χ2v) is 4.03. The first kappa shape index (κ1) is 19.1. The maximum atomic E-state index is 5.29. The van der Waals surface area contributed by atoms with Crippen LogP contribution in [0.3, 0.4) is 0 Å². The molecule has 0 radical (unpaired) electrons. The number of halogens is 1. The third kappa shape index (κ3) is 7.63. The van der Waals surface area contributed by atoms with Gasteiger partial charge < -0.3 is 19.9 Å². The molecule has 0 spiro atoms. The molecular weight excluding hydrogens is 371 g/mol. The minimum Gasteiger partial charge on any atom is -0.382 e. The summed E-state index contributed by atoms with van der Waals surface area (Å²) in [6, 6.07) is 0. The first-order chi connectivity index (χ1) is 9.27. The average molecular weight is 396 g/mol. The van der Waals surface area contributed by atoms with Crippen LogP contribution in [-0.4, -0.2) is 47.0 Å². The topological polar surface area (TPSA) is 76.4 Å². The summed E-state index contributed by atoms with van der Waals surface area (Å²) in [5, 5.41) is 14.3. The van der Waals surface area contributed by atoms with E-state index in [1.165, 1.54) is 0 Å². The Hall–Kier alpha value is -0.900. The second-order valence-electron chi connectivity index (χ2n) is 4.03. The summed E-state index contributed by atoms with van der Waals surface area (Å²) in [6.07, 6.45) is 2.63. The standard InChI is InChI=1S/C12H24N6O.HI/c1-4-13-12(14-7-6-8-19-5-2)15-9-11-17-16-10-18(11)3;/h10H,4-9H2,1-3H3,(H2,13,14,15);1H. The fourth-order valence-corrected chi connectivity index (χ4v) is 1.47. The van der Waals surface area contributed by atoms with E-state index in [9.17, 15) is 0 Å². The Morgan fingerprint density at radius 1 is 1.40 bits per heavy atom. The summed E-state index contributed by atoms with van der Waals surface area (Å²) in [5.41, 5.74) is 0. The predicted molar refractivity (Wildman–Crippen MR) is 90.3 cm³/mol. The number of hydrogen-bond acceptors (Lipinski definition) is 4. The molecule has 0 unspecified atom stereocenters. The van der Waals surface area contributed by atoms with Crippen LogP contribution in [0.4, 0.5) is 0 Å². The molecule has 1 aromatic rings. The highest BCUT2D eigenvalue weighted by molar-refractivity contribution is 14.0. The van der Waals surface area contributed by atoms with E-state index in [-0.39, 0.29) is 24.0 Å². The molecular formula is C12H25IN6O. The van der Waals surface area contributed by atoms with Crippen molar-refractivity contribution in [1.29, 1.82) is 0 Å². The number of nitrogens with zero attached hydrogens (tertiary/aromatic N) is 4. The van der Waals surface area contributed by atoms with Gasteiger partial charge in [0.1, 0.15) is 12.9 Å². The molecule has 0 aliphatic carbocycles. The number of aromatic nitrogens is 3. The average Bonchev–Trinajstić information content (AvgIpc) is 2.81. The normalized spacial score (nSPS) is 11.1. The van der Waals surface area contributed by atoms with Crippen molar-refractivity contribution in [3.8, 4) is 0 Å². The van der Waals surface area contributed by atoms with Crippen LogP contribution >= 0.6 is 24.0 Å². The molecule has 2 N–H and O–H groups in total. The third-order valence-electron chi connectivity index (χ3n) is 2.49. The Morgan fingerprint density at radius 2 is 2.20 bits per heavy atom. The Morgan fingerprint density at radius 3 is 2.80 bits per heavy atom. The van der Waals surface area contributed by atoms with Crippen LogP contribution in [0, 0.1) is 0 Å². The lowest BCUT2D eigenvalue weighted by Gasteiger charge is -2.11. The lowest BCUT2D eigenvalue weighted by molar-refractivity contribution is 0.145. The number of rotatable bonds is 8. The number of aliphatic imine (C=N–C) groups is 1. The lowest BCUT2D eigenvalue weighted by Crippen LogP contribution is -2.38. The number of guanidine groups is 1. The second kappa shape index (κ2) is 11.9. The summed E-state index contributed by atoms with van der Waals surface area (Å²) in [6.45, 7) is 7.75. The molecule has 8 heteroatoms. The van der Waals surface area contributed by atoms with Gasteiger partial charge in [-0.1, -0.05) is 0 Å². The molecule has 1 aromatic heterocycles. The minimum atomic E-state index is 0. The van der Waals surface area contributed by atoms with Gasteiger partial charge in [0, 0.05) is 33.4 Å². The van der Waals surface area contributed by atoms with Gasteiger partial charge in [-0.3, -0.25) is 0 Å². The summed E-state index contributed by atoms with van der Waals surface area (Å²) in [4.78, 5) is 4.46. The van der Waals surface area contributed by atoms with Gasteiger partial charge in [-0.15, -0.1) is 34.2 Å². The number of ether oxygens (including phenoxy) is 1. The highest BCUT2D eigenvalue weighted by atomic mass is 127. The van der Waals surface area contributed by atoms with E-state index in [0.717, 1.165) is 44.5 Å². The van der Waals surface area contributed by atoms with Gasteiger partial charge in [-0.2, -0.15) is 0 Å².